The molecular weight excluding hydrogens is 442 g/mol. The lowest BCUT2D eigenvalue weighted by molar-refractivity contribution is -0.123. The van der Waals surface area contributed by atoms with Gasteiger partial charge >= 0.3 is 5.69 Å². The van der Waals surface area contributed by atoms with E-state index in [4.69, 9.17) is 5.73 Å². The molecule has 1 atom stereocenters. The maximum atomic E-state index is 13.2. The number of anilines is 2. The van der Waals surface area contributed by atoms with Crippen LogP contribution >= 0.6 is 11.3 Å². The Kier molecular flexibility index (Phi) is 7.02. The van der Waals surface area contributed by atoms with Crippen molar-refractivity contribution in [2.45, 2.75) is 43.4 Å². The Hall–Kier alpha value is -2.44. The summed E-state index contributed by atoms with van der Waals surface area (Å²) in [5.41, 5.74) is 4.64. The van der Waals surface area contributed by atoms with Gasteiger partial charge in [-0.1, -0.05) is 19.4 Å². The molecule has 3 N–H and O–H groups in total. The molecule has 1 aliphatic rings. The van der Waals surface area contributed by atoms with Gasteiger partial charge in [-0.3, -0.25) is 19.1 Å². The second kappa shape index (κ2) is 9.37. The summed E-state index contributed by atoms with van der Waals surface area (Å²) in [7, 11) is -2.25. The summed E-state index contributed by atoms with van der Waals surface area (Å²) in [5, 5.41) is 1.69. The molecule has 0 aliphatic carbocycles. The van der Waals surface area contributed by atoms with Crippen LogP contribution in [0.4, 0.5) is 11.5 Å². The minimum atomic E-state index is -3.67. The molecule has 2 aromatic rings. The molecule has 1 fully saturated rings. The predicted octanol–water partition coefficient (Wildman–Crippen LogP) is 1.04. The number of carbonyl (C=O) groups is 1. The number of nitrogens with one attached hydrogen (secondary N) is 1. The molecule has 0 bridgehead atoms. The van der Waals surface area contributed by atoms with Crippen molar-refractivity contribution in [3.05, 3.63) is 38.4 Å². The quantitative estimate of drug-likeness (QED) is 0.621. The Morgan fingerprint density at radius 2 is 2.13 bits per heavy atom. The normalized spacial score (nSPS) is 17.5. The number of carbonyl (C=O) groups excluding carboxylic acids is 1. The minimum Gasteiger partial charge on any atom is -0.383 e. The molecule has 10 nitrogen and oxygen atoms in total. The third kappa shape index (κ3) is 4.60. The number of unbranched alkanes of at least 4 members (excludes halogenated alkanes) is 1. The number of hydrogen-bond acceptors (Lipinski definition) is 7. The number of thiophene rings is 1. The van der Waals surface area contributed by atoms with E-state index in [0.29, 0.717) is 32.4 Å². The van der Waals surface area contributed by atoms with Crippen LogP contribution in [0, 0.1) is 5.92 Å². The van der Waals surface area contributed by atoms with E-state index in [2.05, 4.69) is 4.98 Å². The van der Waals surface area contributed by atoms with Crippen LogP contribution in [-0.2, 0) is 21.4 Å². The maximum Gasteiger partial charge on any atom is 0.330 e. The first kappa shape index (κ1) is 23.2. The van der Waals surface area contributed by atoms with E-state index < -0.39 is 33.1 Å². The molecule has 3 heterocycles. The van der Waals surface area contributed by atoms with Crippen molar-refractivity contribution in [1.82, 2.24) is 13.9 Å². The van der Waals surface area contributed by atoms with E-state index in [1.54, 1.807) is 11.4 Å². The average Bonchev–Trinajstić information content (AvgIpc) is 3.28. The highest BCUT2D eigenvalue weighted by molar-refractivity contribution is 7.91. The molecule has 0 spiro atoms. The summed E-state index contributed by atoms with van der Waals surface area (Å²) in [6, 6.07) is 3.21. The number of sulfonamides is 1. The van der Waals surface area contributed by atoms with Crippen LogP contribution in [-0.4, -0.2) is 48.3 Å². The number of aromatic amines is 1. The summed E-state index contributed by atoms with van der Waals surface area (Å²) in [6.45, 7) is 2.64. The molecule has 31 heavy (non-hydrogen) atoms. The number of nitrogens with two attached hydrogens (primary N) is 1. The van der Waals surface area contributed by atoms with E-state index in [-0.39, 0.29) is 22.3 Å². The van der Waals surface area contributed by atoms with Crippen LogP contribution < -0.4 is 21.9 Å². The molecule has 1 unspecified atom stereocenters. The van der Waals surface area contributed by atoms with Gasteiger partial charge in [0, 0.05) is 26.7 Å². The lowest BCUT2D eigenvalue weighted by atomic mass is 9.98. The van der Waals surface area contributed by atoms with E-state index in [1.165, 1.54) is 22.0 Å². The van der Waals surface area contributed by atoms with Crippen molar-refractivity contribution in [1.29, 1.82) is 0 Å². The van der Waals surface area contributed by atoms with Gasteiger partial charge in [0.1, 0.15) is 10.0 Å². The number of amides is 1. The van der Waals surface area contributed by atoms with E-state index >= 15 is 0 Å². The van der Waals surface area contributed by atoms with E-state index in [1.807, 2.05) is 6.92 Å². The Morgan fingerprint density at radius 1 is 1.39 bits per heavy atom. The predicted molar refractivity (Wildman–Crippen MR) is 120 cm³/mol. The second-order valence-electron chi connectivity index (χ2n) is 7.53. The molecule has 12 heteroatoms. The molecular formula is C19H27N5O5S2. The van der Waals surface area contributed by atoms with Crippen LogP contribution in [0.25, 0.3) is 0 Å². The zero-order valence-electron chi connectivity index (χ0n) is 17.5. The molecule has 0 saturated carbocycles. The van der Waals surface area contributed by atoms with Gasteiger partial charge in [-0.25, -0.2) is 13.2 Å². The first-order valence-electron chi connectivity index (χ1n) is 10.1. The number of piperidine rings is 1. The molecule has 0 aromatic carbocycles. The van der Waals surface area contributed by atoms with Crippen molar-refractivity contribution in [2.24, 2.45) is 5.92 Å². The third-order valence-electron chi connectivity index (χ3n) is 5.44. The molecule has 1 saturated heterocycles. The lowest BCUT2D eigenvalue weighted by Crippen LogP contribution is -2.47. The summed E-state index contributed by atoms with van der Waals surface area (Å²) < 4.78 is 28.5. The Morgan fingerprint density at radius 3 is 2.77 bits per heavy atom. The fraction of sp³-hybridized carbons (Fsp3) is 0.526. The SMILES string of the molecule is CCCCn1c(N)c(N(C)C(=O)C2CCCN(S(=O)(=O)c3cccs3)C2)c(=O)[nH]c1=O. The minimum absolute atomic E-state index is 0.0245. The van der Waals surface area contributed by atoms with Crippen LogP contribution in [0.5, 0.6) is 0 Å². The average molecular weight is 470 g/mol. The highest BCUT2D eigenvalue weighted by Crippen LogP contribution is 2.28. The van der Waals surface area contributed by atoms with Crippen molar-refractivity contribution >= 4 is 38.8 Å². The molecule has 1 aliphatic heterocycles. The molecule has 2 aromatic heterocycles. The monoisotopic (exact) mass is 469 g/mol. The highest BCUT2D eigenvalue weighted by atomic mass is 32.2. The zero-order chi connectivity index (χ0) is 22.8. The maximum absolute atomic E-state index is 13.2. The molecule has 3 rings (SSSR count). The zero-order valence-corrected chi connectivity index (χ0v) is 19.2. The van der Waals surface area contributed by atoms with Gasteiger partial charge in [-0.2, -0.15) is 4.31 Å². The van der Waals surface area contributed by atoms with Gasteiger partial charge in [0.25, 0.3) is 15.6 Å². The smallest absolute Gasteiger partial charge is 0.330 e. The topological polar surface area (TPSA) is 139 Å². The number of nitrogens with zero attached hydrogens (tertiary/aromatic N) is 3. The second-order valence-corrected chi connectivity index (χ2v) is 10.6. The van der Waals surface area contributed by atoms with Gasteiger partial charge in [-0.05, 0) is 30.7 Å². The number of H-pyrrole nitrogens is 1. The van der Waals surface area contributed by atoms with Crippen molar-refractivity contribution in [3.8, 4) is 0 Å². The summed E-state index contributed by atoms with van der Waals surface area (Å²) in [6.07, 6.45) is 2.53. The lowest BCUT2D eigenvalue weighted by Gasteiger charge is -2.33. The van der Waals surface area contributed by atoms with Crippen LogP contribution in [0.15, 0.2) is 31.3 Å². The standard InChI is InChI=1S/C19H27N5O5S2/c1-3-4-10-24-16(20)15(17(25)21-19(24)27)22(2)18(26)13-7-5-9-23(12-13)31(28,29)14-8-6-11-30-14/h6,8,11,13H,3-5,7,9-10,12,20H2,1-2H3,(H,21,25,27). The van der Waals surface area contributed by atoms with Gasteiger partial charge in [0.05, 0.1) is 5.92 Å². The Labute approximate surface area is 184 Å². The van der Waals surface area contributed by atoms with E-state index in [9.17, 15) is 22.8 Å². The number of nitrogen functional groups attached to an aromatic ring is 1. The number of rotatable bonds is 7. The largest absolute Gasteiger partial charge is 0.383 e. The number of aromatic nitrogens is 2. The Bertz CT molecular complexity index is 1150. The fourth-order valence-electron chi connectivity index (χ4n) is 3.72. The highest BCUT2D eigenvalue weighted by Gasteiger charge is 2.36. The van der Waals surface area contributed by atoms with Crippen molar-refractivity contribution in [3.63, 3.8) is 0 Å². The third-order valence-corrected chi connectivity index (χ3v) is 8.68. The Balaban J connectivity index is 1.86. The summed E-state index contributed by atoms with van der Waals surface area (Å²) in [5.74, 6) is -1.11. The first-order valence-corrected chi connectivity index (χ1v) is 12.4. The van der Waals surface area contributed by atoms with Gasteiger partial charge in [0.15, 0.2) is 5.69 Å². The van der Waals surface area contributed by atoms with Gasteiger partial charge in [-0.15, -0.1) is 11.3 Å². The van der Waals surface area contributed by atoms with Crippen LogP contribution in [0.2, 0.25) is 0 Å². The summed E-state index contributed by atoms with van der Waals surface area (Å²) >= 11 is 1.13. The van der Waals surface area contributed by atoms with E-state index in [0.717, 1.165) is 22.7 Å². The molecule has 1 amide bonds. The molecule has 0 radical (unpaired) electrons. The van der Waals surface area contributed by atoms with Gasteiger partial charge in [0.2, 0.25) is 5.91 Å². The van der Waals surface area contributed by atoms with Crippen molar-refractivity contribution in [2.75, 3.05) is 30.8 Å². The van der Waals surface area contributed by atoms with Crippen LogP contribution in [0.1, 0.15) is 32.6 Å². The van der Waals surface area contributed by atoms with Crippen LogP contribution in [0.3, 0.4) is 0 Å². The van der Waals surface area contributed by atoms with Gasteiger partial charge < -0.3 is 10.6 Å². The molecule has 170 valence electrons. The first-order chi connectivity index (χ1) is 14.7. The van der Waals surface area contributed by atoms with Crippen molar-refractivity contribution < 1.29 is 13.2 Å². The number of hydrogen-bond donors (Lipinski definition) is 2. The summed E-state index contributed by atoms with van der Waals surface area (Å²) in [4.78, 5) is 41.1. The fourth-order valence-corrected chi connectivity index (χ4v) is 6.39.